The molecule has 44 heavy (non-hydrogen) atoms. The molecule has 3 aromatic carbocycles. The number of nitrogens with zero attached hydrogens (tertiary/aromatic N) is 2. The van der Waals surface area contributed by atoms with E-state index in [0.717, 1.165) is 30.4 Å². The quantitative estimate of drug-likeness (QED) is 0.126. The number of fused-ring (bicyclic) bond motifs is 6. The number of aromatic nitrogens is 1. The number of amides is 2. The minimum absolute atomic E-state index is 0.0733. The highest BCUT2D eigenvalue weighted by Gasteiger charge is 2.61. The Bertz CT molecular complexity index is 1770. The van der Waals surface area contributed by atoms with E-state index in [1.807, 2.05) is 50.2 Å². The van der Waals surface area contributed by atoms with E-state index >= 15 is 0 Å². The first-order valence-electron chi connectivity index (χ1n) is 15.5. The summed E-state index contributed by atoms with van der Waals surface area (Å²) in [4.78, 5) is 59.9. The van der Waals surface area contributed by atoms with Crippen LogP contribution in [0.15, 0.2) is 78.9 Å². The number of ether oxygens (including phenoxy) is 1. The summed E-state index contributed by atoms with van der Waals surface area (Å²) in [6.45, 7) is 3.90. The number of anilines is 1. The number of imide groups is 1. The van der Waals surface area contributed by atoms with Crippen LogP contribution in [0.25, 0.3) is 22.2 Å². The van der Waals surface area contributed by atoms with Crippen molar-refractivity contribution in [2.24, 2.45) is 23.7 Å². The Morgan fingerprint density at radius 2 is 1.59 bits per heavy atom. The molecule has 4 aromatic rings. The molecule has 222 valence electrons. The fraction of sp³-hybridized carbons (Fsp3) is 0.324. The standard InChI is InChI=1S/C37H34N2O5/c1-3-7-31(34(40)23-8-5-4-6-9-23)44-37(43)28-20-30(38-29-17-10-21(2)18-27(28)29)22-13-15-26(16-14-22)39-35(41)32-24-11-12-25(19-24)33(32)36(39)42/h4-6,8-10,13-18,20,24-25,31-33H,3,7,11-12,19H2,1-2H3. The number of hydrogen-bond acceptors (Lipinski definition) is 6. The Hall–Kier alpha value is -4.65. The smallest absolute Gasteiger partial charge is 0.339 e. The summed E-state index contributed by atoms with van der Waals surface area (Å²) in [6, 6.07) is 23.5. The van der Waals surface area contributed by atoms with Gasteiger partial charge in [-0.15, -0.1) is 0 Å². The van der Waals surface area contributed by atoms with Gasteiger partial charge in [0, 0.05) is 16.5 Å². The molecule has 2 amide bonds. The summed E-state index contributed by atoms with van der Waals surface area (Å²) in [5, 5.41) is 0.646. The molecule has 5 atom stereocenters. The average molecular weight is 587 g/mol. The lowest BCUT2D eigenvalue weighted by Gasteiger charge is -2.19. The van der Waals surface area contributed by atoms with Gasteiger partial charge in [0.1, 0.15) is 0 Å². The summed E-state index contributed by atoms with van der Waals surface area (Å²) < 4.78 is 5.90. The number of esters is 1. The molecule has 3 fully saturated rings. The molecule has 2 aliphatic carbocycles. The maximum atomic E-state index is 13.7. The first-order chi connectivity index (χ1) is 21.3. The summed E-state index contributed by atoms with van der Waals surface area (Å²) >= 11 is 0. The number of hydrogen-bond donors (Lipinski definition) is 0. The van der Waals surface area contributed by atoms with Gasteiger partial charge in [-0.25, -0.2) is 9.78 Å². The van der Waals surface area contributed by atoms with Crippen LogP contribution in [0.5, 0.6) is 0 Å². The van der Waals surface area contributed by atoms with Gasteiger partial charge in [-0.1, -0.05) is 67.4 Å². The predicted octanol–water partition coefficient (Wildman–Crippen LogP) is 6.95. The van der Waals surface area contributed by atoms with Crippen molar-refractivity contribution in [3.05, 3.63) is 95.6 Å². The van der Waals surface area contributed by atoms with Gasteiger partial charge in [-0.05, 0) is 74.8 Å². The van der Waals surface area contributed by atoms with E-state index < -0.39 is 12.1 Å². The number of pyridine rings is 1. The van der Waals surface area contributed by atoms with Crippen LogP contribution in [0.3, 0.4) is 0 Å². The third-order valence-corrected chi connectivity index (χ3v) is 9.68. The van der Waals surface area contributed by atoms with Gasteiger partial charge in [0.05, 0.1) is 34.3 Å². The normalized spacial score (nSPS) is 22.8. The number of carbonyl (C=O) groups is 4. The molecule has 5 unspecified atom stereocenters. The number of benzene rings is 3. The number of Topliss-reactive ketones (excluding diaryl/α,β-unsaturated/α-hetero) is 1. The van der Waals surface area contributed by atoms with Crippen molar-refractivity contribution in [2.45, 2.75) is 52.1 Å². The van der Waals surface area contributed by atoms with Crippen molar-refractivity contribution in [1.29, 1.82) is 0 Å². The van der Waals surface area contributed by atoms with Gasteiger partial charge in [-0.3, -0.25) is 19.3 Å². The largest absolute Gasteiger partial charge is 0.450 e. The fourth-order valence-corrected chi connectivity index (χ4v) is 7.59. The number of aryl methyl sites for hydroxylation is 1. The highest BCUT2D eigenvalue weighted by Crippen LogP contribution is 2.56. The lowest BCUT2D eigenvalue weighted by atomic mass is 9.81. The van der Waals surface area contributed by atoms with Crippen LogP contribution < -0.4 is 4.90 Å². The summed E-state index contributed by atoms with van der Waals surface area (Å²) in [7, 11) is 0. The highest BCUT2D eigenvalue weighted by atomic mass is 16.5. The second-order valence-corrected chi connectivity index (χ2v) is 12.4. The zero-order chi connectivity index (χ0) is 30.5. The molecule has 1 aromatic heterocycles. The Labute approximate surface area is 256 Å². The molecule has 3 aliphatic rings. The molecule has 2 saturated carbocycles. The minimum Gasteiger partial charge on any atom is -0.450 e. The first kappa shape index (κ1) is 28.1. The monoisotopic (exact) mass is 586 g/mol. The molecule has 0 spiro atoms. The molecule has 7 heteroatoms. The van der Waals surface area contributed by atoms with Crippen LogP contribution in [0.2, 0.25) is 0 Å². The second-order valence-electron chi connectivity index (χ2n) is 12.4. The van der Waals surface area contributed by atoms with Crippen LogP contribution in [0.4, 0.5) is 5.69 Å². The van der Waals surface area contributed by atoms with E-state index in [2.05, 4.69) is 0 Å². The Morgan fingerprint density at radius 1 is 0.909 bits per heavy atom. The Morgan fingerprint density at radius 3 is 2.25 bits per heavy atom. The lowest BCUT2D eigenvalue weighted by Crippen LogP contribution is -2.32. The third-order valence-electron chi connectivity index (χ3n) is 9.68. The topological polar surface area (TPSA) is 93.6 Å². The molecular weight excluding hydrogens is 552 g/mol. The van der Waals surface area contributed by atoms with Crippen molar-refractivity contribution >= 4 is 40.2 Å². The van der Waals surface area contributed by atoms with Crippen molar-refractivity contribution < 1.29 is 23.9 Å². The van der Waals surface area contributed by atoms with E-state index in [1.165, 1.54) is 4.90 Å². The van der Waals surface area contributed by atoms with Crippen LogP contribution in [0.1, 0.15) is 65.3 Å². The zero-order valence-electron chi connectivity index (χ0n) is 24.9. The molecule has 7 rings (SSSR count). The molecule has 1 aliphatic heterocycles. The number of carbonyl (C=O) groups excluding carboxylic acids is 4. The molecule has 2 bridgehead atoms. The van der Waals surface area contributed by atoms with E-state index in [1.54, 1.807) is 42.5 Å². The SMILES string of the molecule is CCCC(OC(=O)c1cc(-c2ccc(N3C(=O)C4C5CCC(C5)C4C3=O)cc2)nc2ccc(C)cc12)C(=O)c1ccccc1. The summed E-state index contributed by atoms with van der Waals surface area (Å²) in [5.41, 5.74) is 4.27. The maximum absolute atomic E-state index is 13.7. The molecule has 0 N–H and O–H groups in total. The van der Waals surface area contributed by atoms with Crippen LogP contribution in [0, 0.1) is 30.6 Å². The van der Waals surface area contributed by atoms with Gasteiger partial charge in [0.15, 0.2) is 6.10 Å². The Kier molecular flexibility index (Phi) is 7.11. The summed E-state index contributed by atoms with van der Waals surface area (Å²) in [5.74, 6) is -0.654. The van der Waals surface area contributed by atoms with Gasteiger partial charge in [0.2, 0.25) is 17.6 Å². The predicted molar refractivity (Wildman–Crippen MR) is 167 cm³/mol. The van der Waals surface area contributed by atoms with Crippen LogP contribution in [-0.4, -0.2) is 34.7 Å². The summed E-state index contributed by atoms with van der Waals surface area (Å²) in [6.07, 6.45) is 3.25. The van der Waals surface area contributed by atoms with E-state index in [9.17, 15) is 19.2 Å². The van der Waals surface area contributed by atoms with E-state index in [-0.39, 0.29) is 29.4 Å². The van der Waals surface area contributed by atoms with Crippen molar-refractivity contribution in [3.8, 4) is 11.3 Å². The maximum Gasteiger partial charge on any atom is 0.339 e. The fourth-order valence-electron chi connectivity index (χ4n) is 7.59. The lowest BCUT2D eigenvalue weighted by molar-refractivity contribution is -0.123. The van der Waals surface area contributed by atoms with Gasteiger partial charge < -0.3 is 4.74 Å². The first-order valence-corrected chi connectivity index (χ1v) is 15.5. The Balaban J connectivity index is 1.20. The van der Waals surface area contributed by atoms with Crippen molar-refractivity contribution in [2.75, 3.05) is 4.90 Å². The molecule has 0 radical (unpaired) electrons. The van der Waals surface area contributed by atoms with Gasteiger partial charge in [-0.2, -0.15) is 0 Å². The minimum atomic E-state index is -0.907. The van der Waals surface area contributed by atoms with Crippen LogP contribution in [-0.2, 0) is 14.3 Å². The molecule has 2 heterocycles. The third kappa shape index (κ3) is 4.71. The van der Waals surface area contributed by atoms with E-state index in [0.29, 0.717) is 58.1 Å². The van der Waals surface area contributed by atoms with E-state index in [4.69, 9.17) is 9.72 Å². The zero-order valence-corrected chi connectivity index (χ0v) is 24.9. The second kappa shape index (κ2) is 11.1. The molecule has 7 nitrogen and oxygen atoms in total. The highest BCUT2D eigenvalue weighted by molar-refractivity contribution is 6.22. The van der Waals surface area contributed by atoms with Crippen molar-refractivity contribution in [1.82, 2.24) is 4.98 Å². The molecule has 1 saturated heterocycles. The van der Waals surface area contributed by atoms with Crippen molar-refractivity contribution in [3.63, 3.8) is 0 Å². The van der Waals surface area contributed by atoms with Gasteiger partial charge in [0.25, 0.3) is 0 Å². The number of ketones is 1. The number of rotatable bonds is 8. The van der Waals surface area contributed by atoms with Crippen LogP contribution >= 0.6 is 0 Å². The molecular formula is C37H34N2O5. The van der Waals surface area contributed by atoms with Gasteiger partial charge >= 0.3 is 5.97 Å². The average Bonchev–Trinajstić information content (AvgIpc) is 3.74.